The minimum atomic E-state index is -1.57. The van der Waals surface area contributed by atoms with E-state index in [1.807, 2.05) is 6.08 Å². The molecule has 1 aliphatic rings. The van der Waals surface area contributed by atoms with Gasteiger partial charge < -0.3 is 40.3 Å². The number of amides is 1. The lowest BCUT2D eigenvalue weighted by Gasteiger charge is -2.40. The summed E-state index contributed by atoms with van der Waals surface area (Å²) in [5.41, 5.74) is 0. The van der Waals surface area contributed by atoms with E-state index in [1.165, 1.54) is 186 Å². The lowest BCUT2D eigenvalue weighted by molar-refractivity contribution is -0.302. The van der Waals surface area contributed by atoms with Crippen molar-refractivity contribution in [2.75, 3.05) is 13.2 Å². The Labute approximate surface area is 492 Å². The molecule has 0 aliphatic carbocycles. The van der Waals surface area contributed by atoms with Crippen LogP contribution < -0.4 is 5.32 Å². The number of aliphatic hydroxyl groups is 5. The van der Waals surface area contributed by atoms with Gasteiger partial charge in [-0.25, -0.2) is 0 Å². The number of ether oxygens (including phenoxy) is 2. The Hall–Kier alpha value is -2.89. The van der Waals surface area contributed by atoms with Crippen molar-refractivity contribution in [3.8, 4) is 0 Å². The number of hydrogen-bond acceptors (Lipinski definition) is 8. The Bertz CT molecular complexity index is 1580. The van der Waals surface area contributed by atoms with Crippen LogP contribution in [0.3, 0.4) is 0 Å². The number of aliphatic hydroxyl groups excluding tert-OH is 5. The van der Waals surface area contributed by atoms with Crippen LogP contribution in [0.4, 0.5) is 0 Å². The maximum absolute atomic E-state index is 13.1. The van der Waals surface area contributed by atoms with E-state index in [2.05, 4.69) is 104 Å². The molecule has 0 spiro atoms. The van der Waals surface area contributed by atoms with Crippen molar-refractivity contribution in [3.63, 3.8) is 0 Å². The van der Waals surface area contributed by atoms with Crippen molar-refractivity contribution in [2.24, 2.45) is 0 Å². The highest BCUT2D eigenvalue weighted by Gasteiger charge is 2.44. The molecule has 1 heterocycles. The smallest absolute Gasteiger partial charge is 0.220 e. The topological polar surface area (TPSA) is 149 Å². The first-order valence-electron chi connectivity index (χ1n) is 33.5. The first-order chi connectivity index (χ1) is 39.3. The van der Waals surface area contributed by atoms with E-state index < -0.39 is 49.5 Å². The average Bonchev–Trinajstić information content (AvgIpc) is 3.46. The van der Waals surface area contributed by atoms with Gasteiger partial charge in [-0.2, -0.15) is 0 Å². The number of carbonyl (C=O) groups is 1. The van der Waals surface area contributed by atoms with Gasteiger partial charge >= 0.3 is 0 Å². The fraction of sp³-hybridized carbons (Fsp3) is 0.761. The van der Waals surface area contributed by atoms with Gasteiger partial charge in [0.25, 0.3) is 0 Å². The number of rotatable bonds is 57. The van der Waals surface area contributed by atoms with E-state index in [0.717, 1.165) is 83.5 Å². The number of carbonyl (C=O) groups excluding carboxylic acids is 1. The Kier molecular flexibility index (Phi) is 55.7. The van der Waals surface area contributed by atoms with E-state index >= 15 is 0 Å². The number of nitrogens with one attached hydrogen (secondary N) is 1. The Morgan fingerprint density at radius 2 is 0.775 bits per heavy atom. The van der Waals surface area contributed by atoms with Gasteiger partial charge in [-0.3, -0.25) is 4.79 Å². The molecular formula is C71H125NO8. The molecule has 7 atom stereocenters. The fourth-order valence-electron chi connectivity index (χ4n) is 10.2. The zero-order valence-corrected chi connectivity index (χ0v) is 51.6. The van der Waals surface area contributed by atoms with Gasteiger partial charge in [-0.05, 0) is 77.0 Å². The second-order valence-electron chi connectivity index (χ2n) is 22.9. The van der Waals surface area contributed by atoms with Crippen molar-refractivity contribution in [2.45, 2.75) is 333 Å². The highest BCUT2D eigenvalue weighted by molar-refractivity contribution is 5.76. The molecule has 9 heteroatoms. The van der Waals surface area contributed by atoms with E-state index in [4.69, 9.17) is 9.47 Å². The molecule has 7 unspecified atom stereocenters. The molecular weight excluding hydrogens is 995 g/mol. The van der Waals surface area contributed by atoms with Crippen LogP contribution >= 0.6 is 0 Å². The molecule has 9 nitrogen and oxygen atoms in total. The monoisotopic (exact) mass is 1120 g/mol. The van der Waals surface area contributed by atoms with Crippen LogP contribution in [0, 0.1) is 0 Å². The summed E-state index contributed by atoms with van der Waals surface area (Å²) in [5, 5.41) is 54.6. The van der Waals surface area contributed by atoms with E-state index in [0.29, 0.717) is 6.42 Å². The van der Waals surface area contributed by atoms with Gasteiger partial charge in [0, 0.05) is 6.42 Å². The van der Waals surface area contributed by atoms with Crippen molar-refractivity contribution in [3.05, 3.63) is 97.2 Å². The maximum atomic E-state index is 13.1. The van der Waals surface area contributed by atoms with Gasteiger partial charge in [0.05, 0.1) is 25.4 Å². The molecule has 0 saturated carbocycles. The molecule has 0 aromatic heterocycles. The third-order valence-corrected chi connectivity index (χ3v) is 15.4. The lowest BCUT2D eigenvalue weighted by atomic mass is 9.99. The van der Waals surface area contributed by atoms with Crippen LogP contribution in [0.25, 0.3) is 0 Å². The normalized spacial score (nSPS) is 19.1. The van der Waals surface area contributed by atoms with Crippen LogP contribution in [0.2, 0.25) is 0 Å². The quantitative estimate of drug-likeness (QED) is 0.0261. The van der Waals surface area contributed by atoms with Crippen LogP contribution in [0.5, 0.6) is 0 Å². The lowest BCUT2D eigenvalue weighted by Crippen LogP contribution is -2.60. The zero-order valence-electron chi connectivity index (χ0n) is 51.6. The molecule has 0 bridgehead atoms. The standard InChI is InChI=1S/C71H125NO8/c1-3-5-7-9-11-13-15-17-19-21-22-23-24-25-26-27-28-29-30-31-32-33-34-35-36-37-38-39-40-41-42-43-44-45-47-49-51-53-55-57-59-61-67(75)72-64(63-79-71-70(78)69(77)68(76)66(62-73)80-71)65(74)60-58-56-54-52-50-48-46-20-18-16-14-12-10-8-6-4-2/h5,7,11,13,17,19,22-23,25-26,28-29,31-32,58,60,64-66,68-71,73-74,76-78H,3-4,6,8-10,12,14-16,18,20-21,24,27,30,33-57,59,61-63H2,1-2H3,(H,72,75)/b7-5-,13-11-,19-17-,23-22-,26-25-,29-28-,32-31-,60-58+. The third-order valence-electron chi connectivity index (χ3n) is 15.4. The second-order valence-corrected chi connectivity index (χ2v) is 22.9. The molecule has 1 rings (SSSR count). The van der Waals surface area contributed by atoms with E-state index in [-0.39, 0.29) is 12.5 Å². The van der Waals surface area contributed by atoms with Crippen molar-refractivity contribution in [1.82, 2.24) is 5.32 Å². The van der Waals surface area contributed by atoms with Gasteiger partial charge in [0.1, 0.15) is 24.4 Å². The van der Waals surface area contributed by atoms with Crippen molar-refractivity contribution >= 4 is 5.91 Å². The largest absolute Gasteiger partial charge is 0.394 e. The average molecular weight is 1120 g/mol. The summed E-state index contributed by atoms with van der Waals surface area (Å²) in [6.07, 6.45) is 79.3. The van der Waals surface area contributed by atoms with E-state index in [1.54, 1.807) is 6.08 Å². The van der Waals surface area contributed by atoms with Crippen LogP contribution in [0.15, 0.2) is 97.2 Å². The molecule has 462 valence electrons. The summed E-state index contributed by atoms with van der Waals surface area (Å²) >= 11 is 0. The number of unbranched alkanes of at least 4 members (excludes halogenated alkanes) is 33. The second kappa shape index (κ2) is 59.3. The molecule has 0 radical (unpaired) electrons. The predicted molar refractivity (Wildman–Crippen MR) is 341 cm³/mol. The summed E-state index contributed by atoms with van der Waals surface area (Å²) < 4.78 is 11.3. The SMILES string of the molecule is CC/C=C\C/C=C\C/C=C\C/C=C\C/C=C\C/C=C\C/C=C\CCCCCCCCCCCCCCCCCCCCCC(=O)NC(COC1OC(CO)C(O)C(O)C1O)C(O)/C=C/CCCCCCCCCCCCCCCC. The van der Waals surface area contributed by atoms with Gasteiger partial charge in [0.2, 0.25) is 5.91 Å². The minimum Gasteiger partial charge on any atom is -0.394 e. The molecule has 80 heavy (non-hydrogen) atoms. The highest BCUT2D eigenvalue weighted by atomic mass is 16.7. The molecule has 1 amide bonds. The third kappa shape index (κ3) is 47.6. The summed E-state index contributed by atoms with van der Waals surface area (Å²) in [4.78, 5) is 13.1. The summed E-state index contributed by atoms with van der Waals surface area (Å²) in [6.45, 7) is 3.68. The summed E-state index contributed by atoms with van der Waals surface area (Å²) in [7, 11) is 0. The molecule has 0 aromatic rings. The summed E-state index contributed by atoms with van der Waals surface area (Å²) in [5.74, 6) is -0.175. The Morgan fingerprint density at radius 1 is 0.438 bits per heavy atom. The molecule has 1 saturated heterocycles. The zero-order chi connectivity index (χ0) is 57.9. The first-order valence-corrected chi connectivity index (χ1v) is 33.5. The van der Waals surface area contributed by atoms with E-state index in [9.17, 15) is 30.3 Å². The first kappa shape index (κ1) is 75.1. The van der Waals surface area contributed by atoms with Gasteiger partial charge in [0.15, 0.2) is 6.29 Å². The van der Waals surface area contributed by atoms with Crippen molar-refractivity contribution < 1.29 is 39.8 Å². The molecule has 1 fully saturated rings. The molecule has 1 aliphatic heterocycles. The summed E-state index contributed by atoms with van der Waals surface area (Å²) in [6, 6.07) is -0.807. The van der Waals surface area contributed by atoms with Gasteiger partial charge in [-0.15, -0.1) is 0 Å². The van der Waals surface area contributed by atoms with Crippen LogP contribution in [0.1, 0.15) is 290 Å². The van der Waals surface area contributed by atoms with Gasteiger partial charge in [-0.1, -0.05) is 304 Å². The maximum Gasteiger partial charge on any atom is 0.220 e. The number of hydrogen-bond donors (Lipinski definition) is 6. The Balaban J connectivity index is 2.07. The number of allylic oxidation sites excluding steroid dienone is 15. The fourth-order valence-corrected chi connectivity index (χ4v) is 10.2. The minimum absolute atomic E-state index is 0.175. The van der Waals surface area contributed by atoms with Crippen LogP contribution in [-0.2, 0) is 14.3 Å². The molecule has 0 aromatic carbocycles. The predicted octanol–water partition coefficient (Wildman–Crippen LogP) is 17.9. The Morgan fingerprint density at radius 3 is 1.15 bits per heavy atom. The highest BCUT2D eigenvalue weighted by Crippen LogP contribution is 2.23. The molecule has 6 N–H and O–H groups in total. The van der Waals surface area contributed by atoms with Crippen LogP contribution in [-0.4, -0.2) is 87.5 Å². The van der Waals surface area contributed by atoms with Crippen molar-refractivity contribution in [1.29, 1.82) is 0 Å².